The van der Waals surface area contributed by atoms with Crippen LogP contribution in [0.2, 0.25) is 0 Å². The van der Waals surface area contributed by atoms with E-state index in [9.17, 15) is 4.79 Å². The van der Waals surface area contributed by atoms with Crippen LogP contribution in [-0.4, -0.2) is 91.8 Å². The van der Waals surface area contributed by atoms with E-state index in [1.165, 1.54) is 6.33 Å². The molecule has 7 rings (SSSR count). The minimum Gasteiger partial charge on any atom is -0.383 e. The predicted molar refractivity (Wildman–Crippen MR) is 164 cm³/mol. The molecular weight excluding hydrogens is 615 g/mol. The van der Waals surface area contributed by atoms with E-state index in [0.717, 1.165) is 89.0 Å². The maximum absolute atomic E-state index is 12.3. The number of fused-ring (bicyclic) bond motifs is 2. The molecule has 1 aliphatic heterocycles. The van der Waals surface area contributed by atoms with E-state index in [2.05, 4.69) is 50.7 Å². The molecule has 217 valence electrons. The number of urea groups is 1. The van der Waals surface area contributed by atoms with Crippen molar-refractivity contribution in [1.29, 1.82) is 0 Å². The van der Waals surface area contributed by atoms with Gasteiger partial charge in [0.1, 0.15) is 17.8 Å². The number of rotatable bonds is 4. The summed E-state index contributed by atoms with van der Waals surface area (Å²) < 4.78 is 2.05. The van der Waals surface area contributed by atoms with Gasteiger partial charge in [0.15, 0.2) is 5.65 Å². The fourth-order valence-electron chi connectivity index (χ4n) is 6.33. The van der Waals surface area contributed by atoms with E-state index in [1.807, 2.05) is 35.2 Å². The Labute approximate surface area is 276 Å². The monoisotopic (exact) mass is 649 g/mol. The Bertz CT molecular complexity index is 1790. The number of anilines is 1. The molecule has 11 heteroatoms. The topological polar surface area (TPSA) is 109 Å². The van der Waals surface area contributed by atoms with Gasteiger partial charge in [-0.25, -0.2) is 19.4 Å². The summed E-state index contributed by atoms with van der Waals surface area (Å²) in [6.07, 6.45) is 3.48. The fourth-order valence-corrected chi connectivity index (χ4v) is 6.33. The number of benzene rings is 2. The van der Waals surface area contributed by atoms with Gasteiger partial charge >= 0.3 is 6.03 Å². The molecule has 5 aromatic rings. The number of aromatic nitrogens is 5. The number of hydrogen-bond acceptors (Lipinski definition) is 7. The molecule has 2 aromatic carbocycles. The molecule has 2 N–H and O–H groups in total. The molecule has 2 aliphatic rings. The van der Waals surface area contributed by atoms with Gasteiger partial charge in [-0.15, -0.1) is 23.6 Å². The summed E-state index contributed by atoms with van der Waals surface area (Å²) in [5.41, 5.74) is 12.8. The molecule has 0 atom stereocenters. The Balaban J connectivity index is 0.00000329. The van der Waals surface area contributed by atoms with Crippen LogP contribution in [-0.2, 0) is 32.7 Å². The van der Waals surface area contributed by atoms with Crippen molar-refractivity contribution in [3.63, 3.8) is 0 Å². The largest absolute Gasteiger partial charge is 0.383 e. The molecule has 43 heavy (non-hydrogen) atoms. The molecule has 2 amide bonds. The molecule has 1 saturated carbocycles. The zero-order chi connectivity index (χ0) is 29.0. The quantitative estimate of drug-likeness (QED) is 0.288. The third-order valence-corrected chi connectivity index (χ3v) is 8.79. The van der Waals surface area contributed by atoms with Crippen LogP contribution in [0.1, 0.15) is 24.4 Å². The number of amides is 2. The average Bonchev–Trinajstić information content (AvgIpc) is 3.37. The number of aryl methyl sites for hydroxylation is 1. The summed E-state index contributed by atoms with van der Waals surface area (Å²) in [7, 11) is 3.61. The summed E-state index contributed by atoms with van der Waals surface area (Å²) in [5.74, 6) is 0.427. The molecule has 0 bridgehead atoms. The normalized spacial score (nSPS) is 18.8. The second-order valence-corrected chi connectivity index (χ2v) is 11.5. The number of carbonyl (C=O) groups excluding carboxylic acids is 1. The van der Waals surface area contributed by atoms with Crippen LogP contribution in [0, 0.1) is 13.0 Å². The summed E-state index contributed by atoms with van der Waals surface area (Å²) in [6, 6.07) is 20.4. The van der Waals surface area contributed by atoms with Gasteiger partial charge < -0.3 is 20.5 Å². The van der Waals surface area contributed by atoms with E-state index in [1.54, 1.807) is 19.0 Å². The average molecular weight is 650 g/mol. The predicted octanol–water partition coefficient (Wildman–Crippen LogP) is 4.40. The molecule has 0 spiro atoms. The summed E-state index contributed by atoms with van der Waals surface area (Å²) in [4.78, 5) is 32.4. The van der Waals surface area contributed by atoms with Gasteiger partial charge in [-0.1, -0.05) is 42.0 Å². The number of pyridine rings is 1. The Morgan fingerprint density at radius 2 is 1.74 bits per heavy atom. The Kier molecular flexibility index (Phi) is 8.19. The van der Waals surface area contributed by atoms with Gasteiger partial charge in [0.05, 0.1) is 11.4 Å². The van der Waals surface area contributed by atoms with Crippen LogP contribution < -0.4 is 5.73 Å². The van der Waals surface area contributed by atoms with Crippen LogP contribution >= 0.6 is 0 Å². The van der Waals surface area contributed by atoms with Gasteiger partial charge in [-0.3, -0.25) is 4.90 Å². The first kappa shape index (κ1) is 29.6. The van der Waals surface area contributed by atoms with Gasteiger partial charge in [-0.2, -0.15) is 5.10 Å². The molecule has 4 heterocycles. The van der Waals surface area contributed by atoms with Crippen molar-refractivity contribution in [3.05, 3.63) is 66.5 Å². The van der Waals surface area contributed by atoms with Crippen LogP contribution in [0.15, 0.2) is 54.9 Å². The number of piperazine rings is 1. The molecule has 1 radical (unpaired) electrons. The summed E-state index contributed by atoms with van der Waals surface area (Å²) >= 11 is 0. The molecule has 0 unspecified atom stereocenters. The van der Waals surface area contributed by atoms with E-state index < -0.39 is 0 Å². The van der Waals surface area contributed by atoms with Crippen LogP contribution in [0.4, 0.5) is 10.6 Å². The summed E-state index contributed by atoms with van der Waals surface area (Å²) in [5, 5.41) is 6.88. The van der Waals surface area contributed by atoms with E-state index >= 15 is 0 Å². The van der Waals surface area contributed by atoms with Crippen molar-refractivity contribution in [2.45, 2.75) is 31.8 Å². The van der Waals surface area contributed by atoms with Crippen molar-refractivity contribution >= 4 is 33.8 Å². The zero-order valence-electron chi connectivity index (χ0n) is 24.7. The van der Waals surface area contributed by atoms with Crippen LogP contribution in [0.5, 0.6) is 0 Å². The fraction of sp³-hybridized carbons (Fsp3) is 0.344. The zero-order valence-corrected chi connectivity index (χ0v) is 27.6. The molecule has 1 aliphatic carbocycles. The SMILES string of the molecule is Cc1c(-c2nn(C3CC(N4CCN(C(=O)N(C)C)CC4)C3)c3ncnc(N)c23)ccc2[c-]cc(-c3ccccc3)nc12.[Y]. The minimum absolute atomic E-state index is 0. The van der Waals surface area contributed by atoms with Crippen LogP contribution in [0.3, 0.4) is 0 Å². The Morgan fingerprint density at radius 3 is 2.47 bits per heavy atom. The van der Waals surface area contributed by atoms with E-state index in [4.69, 9.17) is 15.8 Å². The first-order chi connectivity index (χ1) is 20.4. The maximum atomic E-state index is 12.3. The first-order valence-corrected chi connectivity index (χ1v) is 14.5. The van der Waals surface area contributed by atoms with E-state index in [-0.39, 0.29) is 44.8 Å². The van der Waals surface area contributed by atoms with Crippen molar-refractivity contribution in [1.82, 2.24) is 39.4 Å². The number of carbonyl (C=O) groups is 1. The Morgan fingerprint density at radius 1 is 1.00 bits per heavy atom. The van der Waals surface area contributed by atoms with Crippen molar-refractivity contribution in [2.75, 3.05) is 46.0 Å². The second-order valence-electron chi connectivity index (χ2n) is 11.5. The van der Waals surface area contributed by atoms with Gasteiger partial charge in [0.25, 0.3) is 0 Å². The molecule has 2 fully saturated rings. The number of nitrogens with zero attached hydrogens (tertiary/aromatic N) is 8. The molecular formula is C32H34N9OY-. The van der Waals surface area contributed by atoms with Crippen molar-refractivity contribution in [3.8, 4) is 22.5 Å². The van der Waals surface area contributed by atoms with Gasteiger partial charge in [0.2, 0.25) is 0 Å². The third kappa shape index (κ3) is 5.30. The van der Waals surface area contributed by atoms with Crippen molar-refractivity contribution in [2.24, 2.45) is 0 Å². The maximum Gasteiger partial charge on any atom is 0.319 e. The number of nitrogen functional groups attached to an aromatic ring is 1. The second kappa shape index (κ2) is 11.9. The van der Waals surface area contributed by atoms with Gasteiger partial charge in [-0.05, 0) is 42.1 Å². The minimum atomic E-state index is 0. The Hall–Kier alpha value is -3.47. The molecule has 1 saturated heterocycles. The first-order valence-electron chi connectivity index (χ1n) is 14.5. The van der Waals surface area contributed by atoms with Crippen molar-refractivity contribution < 1.29 is 37.5 Å². The third-order valence-electron chi connectivity index (χ3n) is 8.79. The number of nitrogens with two attached hydrogens (primary N) is 1. The standard InChI is InChI=1S/C32H34N9O.Y/c1-20-25(11-9-22-10-12-26(36-28(20)22)21-7-5-4-6-8-21)29-27-30(33)34-19-35-31(27)41(37-29)24-17-23(18-24)39-13-15-40(16-14-39)32(42)38(2)3;/h4-9,11-12,19,23-24H,13-18H2,1-3H3,(H2,33,34,35);/q-1;. The smallest absolute Gasteiger partial charge is 0.319 e. The molecule has 10 nitrogen and oxygen atoms in total. The summed E-state index contributed by atoms with van der Waals surface area (Å²) in [6.45, 7) is 5.38. The van der Waals surface area contributed by atoms with Gasteiger partial charge in [0, 0.05) is 79.0 Å². The molecule has 3 aromatic heterocycles. The van der Waals surface area contributed by atoms with E-state index in [0.29, 0.717) is 11.9 Å². The van der Waals surface area contributed by atoms with Crippen LogP contribution in [0.25, 0.3) is 44.5 Å². The number of hydrogen-bond donors (Lipinski definition) is 1.